The molecular weight excluding hydrogens is 387 g/mol. The van der Waals surface area contributed by atoms with Crippen molar-refractivity contribution in [3.8, 4) is 16.5 Å². The maximum Gasteiger partial charge on any atom is 0.248 e. The van der Waals surface area contributed by atoms with Gasteiger partial charge in [0.25, 0.3) is 0 Å². The number of carbonyl (C=O) groups is 1. The Balaban J connectivity index is 1.69. The molecule has 0 unspecified atom stereocenters. The van der Waals surface area contributed by atoms with Crippen molar-refractivity contribution < 1.29 is 4.79 Å². The minimum Gasteiger partial charge on any atom is -0.322 e. The van der Waals surface area contributed by atoms with Gasteiger partial charge in [-0.15, -0.1) is 11.3 Å². The molecule has 26 heavy (non-hydrogen) atoms. The molecule has 0 aliphatic heterocycles. The van der Waals surface area contributed by atoms with Gasteiger partial charge >= 0.3 is 0 Å². The van der Waals surface area contributed by atoms with Crippen molar-refractivity contribution in [3.63, 3.8) is 0 Å². The molecular formula is C20H12Cl2N2OS. The number of hydrogen-bond donors (Lipinski definition) is 1. The molecule has 0 saturated carbocycles. The number of thiophene rings is 1. The van der Waals surface area contributed by atoms with Crippen LogP contribution in [0.4, 0.5) is 5.69 Å². The standard InChI is InChI=1S/C20H12Cl2N2OS/c21-17-7-4-15(11-18(17)22)24-20(25)9-6-16-5-8-19(26-16)14-3-1-2-13(10-14)12-23/h1-11H,(H,24,25)/b9-6+. The van der Waals surface area contributed by atoms with Crippen molar-refractivity contribution in [1.29, 1.82) is 5.26 Å². The quantitative estimate of drug-likeness (QED) is 0.528. The first kappa shape index (κ1) is 18.2. The van der Waals surface area contributed by atoms with Gasteiger partial charge in [-0.3, -0.25) is 4.79 Å². The Morgan fingerprint density at radius 2 is 1.92 bits per heavy atom. The molecule has 1 amide bonds. The van der Waals surface area contributed by atoms with Gasteiger partial charge in [-0.2, -0.15) is 5.26 Å². The van der Waals surface area contributed by atoms with Gasteiger partial charge in [0.05, 0.1) is 21.7 Å². The van der Waals surface area contributed by atoms with Crippen LogP contribution in [0.15, 0.2) is 60.7 Å². The fourth-order valence-electron chi connectivity index (χ4n) is 2.26. The van der Waals surface area contributed by atoms with Crippen molar-refractivity contribution in [1.82, 2.24) is 0 Å². The SMILES string of the molecule is N#Cc1cccc(-c2ccc(/C=C/C(=O)Nc3ccc(Cl)c(Cl)c3)s2)c1. The second kappa shape index (κ2) is 8.20. The second-order valence-corrected chi connectivity index (χ2v) is 7.28. The zero-order chi connectivity index (χ0) is 18.5. The molecule has 3 rings (SSSR count). The number of carbonyl (C=O) groups excluding carboxylic acids is 1. The molecule has 0 aliphatic rings. The lowest BCUT2D eigenvalue weighted by molar-refractivity contribution is -0.111. The summed E-state index contributed by atoms with van der Waals surface area (Å²) in [5.74, 6) is -0.259. The number of nitriles is 1. The molecule has 2 aromatic carbocycles. The van der Waals surface area contributed by atoms with Crippen LogP contribution in [0.2, 0.25) is 10.0 Å². The third-order valence-corrected chi connectivity index (χ3v) is 5.33. The summed E-state index contributed by atoms with van der Waals surface area (Å²) in [7, 11) is 0. The maximum absolute atomic E-state index is 12.0. The molecule has 1 heterocycles. The average Bonchev–Trinajstić information content (AvgIpc) is 3.12. The Hall–Kier alpha value is -2.58. The van der Waals surface area contributed by atoms with Gasteiger partial charge in [0, 0.05) is 21.5 Å². The summed E-state index contributed by atoms with van der Waals surface area (Å²) < 4.78 is 0. The summed E-state index contributed by atoms with van der Waals surface area (Å²) in [6, 6.07) is 18.4. The molecule has 0 bridgehead atoms. The number of benzene rings is 2. The van der Waals surface area contributed by atoms with E-state index in [0.717, 1.165) is 15.3 Å². The van der Waals surface area contributed by atoms with E-state index in [1.165, 1.54) is 6.08 Å². The number of nitrogens with one attached hydrogen (secondary N) is 1. The van der Waals surface area contributed by atoms with Crippen molar-refractivity contribution in [3.05, 3.63) is 81.2 Å². The van der Waals surface area contributed by atoms with E-state index in [0.29, 0.717) is 21.3 Å². The number of amides is 1. The predicted octanol–water partition coefficient (Wildman–Crippen LogP) is 6.25. The summed E-state index contributed by atoms with van der Waals surface area (Å²) in [6.07, 6.45) is 3.21. The first-order valence-electron chi connectivity index (χ1n) is 7.59. The van der Waals surface area contributed by atoms with E-state index in [2.05, 4.69) is 11.4 Å². The highest BCUT2D eigenvalue weighted by molar-refractivity contribution is 7.16. The molecule has 1 aromatic heterocycles. The Labute approximate surface area is 165 Å². The molecule has 0 fully saturated rings. The van der Waals surface area contributed by atoms with Gasteiger partial charge in [-0.25, -0.2) is 0 Å². The molecule has 6 heteroatoms. The van der Waals surface area contributed by atoms with Crippen molar-refractivity contribution in [2.45, 2.75) is 0 Å². The normalized spacial score (nSPS) is 10.7. The first-order valence-corrected chi connectivity index (χ1v) is 9.17. The van der Waals surface area contributed by atoms with Gasteiger partial charge in [-0.05, 0) is 54.1 Å². The Kier molecular flexibility index (Phi) is 5.75. The van der Waals surface area contributed by atoms with E-state index in [4.69, 9.17) is 28.5 Å². The first-order chi connectivity index (χ1) is 12.5. The van der Waals surface area contributed by atoms with Crippen LogP contribution in [0.5, 0.6) is 0 Å². The highest BCUT2D eigenvalue weighted by Crippen LogP contribution is 2.29. The maximum atomic E-state index is 12.0. The molecule has 3 nitrogen and oxygen atoms in total. The number of hydrogen-bond acceptors (Lipinski definition) is 3. The van der Waals surface area contributed by atoms with Gasteiger partial charge in [0.2, 0.25) is 5.91 Å². The average molecular weight is 399 g/mol. The van der Waals surface area contributed by atoms with Gasteiger partial charge in [0.1, 0.15) is 0 Å². The fourth-order valence-corrected chi connectivity index (χ4v) is 3.46. The van der Waals surface area contributed by atoms with E-state index in [1.54, 1.807) is 41.7 Å². The van der Waals surface area contributed by atoms with E-state index in [-0.39, 0.29) is 5.91 Å². The monoisotopic (exact) mass is 398 g/mol. The summed E-state index contributed by atoms with van der Waals surface area (Å²) in [4.78, 5) is 14.0. The van der Waals surface area contributed by atoms with Crippen molar-refractivity contribution in [2.24, 2.45) is 0 Å². The van der Waals surface area contributed by atoms with E-state index in [9.17, 15) is 4.79 Å². The topological polar surface area (TPSA) is 52.9 Å². The lowest BCUT2D eigenvalue weighted by atomic mass is 10.1. The van der Waals surface area contributed by atoms with Crippen LogP contribution < -0.4 is 5.32 Å². The molecule has 1 N–H and O–H groups in total. The van der Waals surface area contributed by atoms with Crippen LogP contribution in [0.3, 0.4) is 0 Å². The zero-order valence-corrected chi connectivity index (χ0v) is 15.7. The lowest BCUT2D eigenvalue weighted by Crippen LogP contribution is -2.07. The van der Waals surface area contributed by atoms with Crippen LogP contribution in [0.25, 0.3) is 16.5 Å². The highest BCUT2D eigenvalue weighted by Gasteiger charge is 2.04. The molecule has 3 aromatic rings. The number of nitrogens with zero attached hydrogens (tertiary/aromatic N) is 1. The smallest absolute Gasteiger partial charge is 0.248 e. The van der Waals surface area contributed by atoms with Crippen molar-refractivity contribution >= 4 is 52.2 Å². The molecule has 128 valence electrons. The van der Waals surface area contributed by atoms with Crippen LogP contribution >= 0.6 is 34.5 Å². The van der Waals surface area contributed by atoms with Gasteiger partial charge in [-0.1, -0.05) is 35.3 Å². The third kappa shape index (κ3) is 4.53. The summed E-state index contributed by atoms with van der Waals surface area (Å²) >= 11 is 13.3. The van der Waals surface area contributed by atoms with E-state index < -0.39 is 0 Å². The van der Waals surface area contributed by atoms with E-state index >= 15 is 0 Å². The highest BCUT2D eigenvalue weighted by atomic mass is 35.5. The number of halogens is 2. The van der Waals surface area contributed by atoms with Crippen LogP contribution in [-0.4, -0.2) is 5.91 Å². The van der Waals surface area contributed by atoms with Gasteiger partial charge in [0.15, 0.2) is 0 Å². The van der Waals surface area contributed by atoms with Gasteiger partial charge < -0.3 is 5.32 Å². The minimum absolute atomic E-state index is 0.259. The lowest BCUT2D eigenvalue weighted by Gasteiger charge is -2.03. The fraction of sp³-hybridized carbons (Fsp3) is 0. The summed E-state index contributed by atoms with van der Waals surface area (Å²) in [5, 5.41) is 12.6. The molecule has 0 saturated heterocycles. The van der Waals surface area contributed by atoms with Crippen LogP contribution in [0.1, 0.15) is 10.4 Å². The largest absolute Gasteiger partial charge is 0.322 e. The number of rotatable bonds is 4. The molecule has 0 spiro atoms. The van der Waals surface area contributed by atoms with E-state index in [1.807, 2.05) is 30.3 Å². The predicted molar refractivity (Wildman–Crippen MR) is 109 cm³/mol. The molecule has 0 atom stereocenters. The second-order valence-electron chi connectivity index (χ2n) is 5.35. The molecule has 0 radical (unpaired) electrons. The Morgan fingerprint density at radius 3 is 2.69 bits per heavy atom. The van der Waals surface area contributed by atoms with Crippen LogP contribution in [-0.2, 0) is 4.79 Å². The Bertz CT molecular complexity index is 1030. The molecule has 0 aliphatic carbocycles. The summed E-state index contributed by atoms with van der Waals surface area (Å²) in [5.41, 5.74) is 2.18. The summed E-state index contributed by atoms with van der Waals surface area (Å²) in [6.45, 7) is 0. The van der Waals surface area contributed by atoms with Crippen molar-refractivity contribution in [2.75, 3.05) is 5.32 Å². The van der Waals surface area contributed by atoms with Crippen LogP contribution in [0, 0.1) is 11.3 Å². The number of anilines is 1. The third-order valence-electron chi connectivity index (χ3n) is 3.49. The minimum atomic E-state index is -0.259. The zero-order valence-electron chi connectivity index (χ0n) is 13.4. The Morgan fingerprint density at radius 1 is 1.08 bits per heavy atom.